The first-order valence-electron chi connectivity index (χ1n) is 10.4. The van der Waals surface area contributed by atoms with Crippen LogP contribution in [0.4, 0.5) is 0 Å². The van der Waals surface area contributed by atoms with Gasteiger partial charge in [-0.2, -0.15) is 0 Å². The summed E-state index contributed by atoms with van der Waals surface area (Å²) in [4.78, 5) is 6.92. The lowest BCUT2D eigenvalue weighted by atomic mass is 10.2. The Morgan fingerprint density at radius 1 is 0.871 bits per heavy atom. The molecule has 0 fully saturated rings. The molecular formula is C25H25ClN2O3. The molecule has 0 radical (unpaired) electrons. The summed E-state index contributed by atoms with van der Waals surface area (Å²) < 4.78 is 17.7. The van der Waals surface area contributed by atoms with Crippen LogP contribution >= 0.6 is 11.6 Å². The molecule has 0 amide bonds. The van der Waals surface area contributed by atoms with E-state index in [2.05, 4.69) is 23.7 Å². The molecule has 4 rings (SSSR count). The second-order valence-electron chi connectivity index (χ2n) is 7.10. The fourth-order valence-corrected chi connectivity index (χ4v) is 3.38. The number of oxazole rings is 1. The molecule has 0 spiro atoms. The molecule has 0 aliphatic heterocycles. The quantitative estimate of drug-likeness (QED) is 0.293. The van der Waals surface area contributed by atoms with Crippen LogP contribution in [0.1, 0.15) is 13.8 Å². The minimum atomic E-state index is 0.563. The Hall–Kier alpha value is -3.02. The van der Waals surface area contributed by atoms with E-state index < -0.39 is 0 Å². The van der Waals surface area contributed by atoms with Gasteiger partial charge in [0, 0.05) is 23.2 Å². The molecule has 0 bridgehead atoms. The molecule has 31 heavy (non-hydrogen) atoms. The zero-order valence-corrected chi connectivity index (χ0v) is 18.4. The predicted molar refractivity (Wildman–Crippen MR) is 124 cm³/mol. The van der Waals surface area contributed by atoms with Gasteiger partial charge in [-0.3, -0.25) is 0 Å². The van der Waals surface area contributed by atoms with Gasteiger partial charge in [0.1, 0.15) is 29.4 Å². The van der Waals surface area contributed by atoms with Crippen molar-refractivity contribution >= 4 is 22.7 Å². The van der Waals surface area contributed by atoms with Crippen LogP contribution in [0.5, 0.6) is 17.2 Å². The number of hydrogen-bond acceptors (Lipinski definition) is 5. The van der Waals surface area contributed by atoms with Gasteiger partial charge in [-0.1, -0.05) is 25.4 Å². The third-order valence-electron chi connectivity index (χ3n) is 5.08. The summed E-state index contributed by atoms with van der Waals surface area (Å²) in [6.45, 7) is 7.96. The predicted octanol–water partition coefficient (Wildman–Crippen LogP) is 6.66. The normalized spacial score (nSPS) is 11.2. The maximum Gasteiger partial charge on any atom is 0.227 e. The molecular weight excluding hydrogens is 412 g/mol. The number of aromatic nitrogens is 1. The first-order valence-corrected chi connectivity index (χ1v) is 10.8. The van der Waals surface area contributed by atoms with Crippen molar-refractivity contribution in [1.82, 2.24) is 9.88 Å². The van der Waals surface area contributed by atoms with E-state index in [1.165, 1.54) is 0 Å². The lowest BCUT2D eigenvalue weighted by molar-refractivity contribution is 0.223. The van der Waals surface area contributed by atoms with Gasteiger partial charge in [0.05, 0.1) is 0 Å². The molecule has 0 N–H and O–H groups in total. The maximum atomic E-state index is 5.97. The van der Waals surface area contributed by atoms with Gasteiger partial charge in [0.15, 0.2) is 5.58 Å². The zero-order valence-electron chi connectivity index (χ0n) is 17.7. The number of nitrogens with zero attached hydrogens (tertiary/aromatic N) is 2. The fourth-order valence-electron chi connectivity index (χ4n) is 3.26. The van der Waals surface area contributed by atoms with Crippen LogP contribution in [0.2, 0.25) is 5.02 Å². The number of rotatable bonds is 9. The standard InChI is InChI=1S/C25H25ClN2O3/c1-3-28(4-2)15-16-29-20-9-5-18(6-10-20)25-27-23-14-13-22(17-24(23)31-25)30-21-11-7-19(26)8-12-21/h5-14,17H,3-4,15-16H2,1-2H3. The molecule has 3 aromatic carbocycles. The molecule has 6 heteroatoms. The van der Waals surface area contributed by atoms with E-state index in [4.69, 9.17) is 25.5 Å². The smallest absolute Gasteiger partial charge is 0.227 e. The van der Waals surface area contributed by atoms with Gasteiger partial charge in [-0.25, -0.2) is 4.98 Å². The van der Waals surface area contributed by atoms with Crippen molar-refractivity contribution in [3.8, 4) is 28.7 Å². The van der Waals surface area contributed by atoms with E-state index in [1.54, 1.807) is 12.1 Å². The number of likely N-dealkylation sites (N-methyl/N-ethyl adjacent to an activating group) is 1. The summed E-state index contributed by atoms with van der Waals surface area (Å²) in [5.41, 5.74) is 2.34. The SMILES string of the molecule is CCN(CC)CCOc1ccc(-c2nc3ccc(Oc4ccc(Cl)cc4)cc3o2)cc1. The molecule has 1 aromatic heterocycles. The Kier molecular flexibility index (Phi) is 6.75. The van der Waals surface area contributed by atoms with Crippen LogP contribution in [-0.4, -0.2) is 36.1 Å². The molecule has 4 aromatic rings. The van der Waals surface area contributed by atoms with Crippen molar-refractivity contribution in [1.29, 1.82) is 0 Å². The van der Waals surface area contributed by atoms with Crippen LogP contribution in [0.3, 0.4) is 0 Å². The van der Waals surface area contributed by atoms with E-state index in [-0.39, 0.29) is 0 Å². The molecule has 0 aliphatic rings. The van der Waals surface area contributed by atoms with E-state index in [9.17, 15) is 0 Å². The monoisotopic (exact) mass is 436 g/mol. The molecule has 5 nitrogen and oxygen atoms in total. The minimum absolute atomic E-state index is 0.563. The maximum absolute atomic E-state index is 5.97. The summed E-state index contributed by atoms with van der Waals surface area (Å²) in [5.74, 6) is 2.79. The van der Waals surface area contributed by atoms with Crippen LogP contribution in [-0.2, 0) is 0 Å². The Labute approximate surface area is 187 Å². The van der Waals surface area contributed by atoms with Gasteiger partial charge in [0.25, 0.3) is 0 Å². The van der Waals surface area contributed by atoms with Crippen molar-refractivity contribution in [2.75, 3.05) is 26.2 Å². The van der Waals surface area contributed by atoms with Gasteiger partial charge in [-0.05, 0) is 73.8 Å². The number of fused-ring (bicyclic) bond motifs is 1. The highest BCUT2D eigenvalue weighted by atomic mass is 35.5. The van der Waals surface area contributed by atoms with Crippen molar-refractivity contribution in [3.05, 3.63) is 71.8 Å². The number of benzene rings is 3. The van der Waals surface area contributed by atoms with Crippen molar-refractivity contribution in [2.45, 2.75) is 13.8 Å². The summed E-state index contributed by atoms with van der Waals surface area (Å²) in [7, 11) is 0. The summed E-state index contributed by atoms with van der Waals surface area (Å²) in [6, 6.07) is 20.6. The van der Waals surface area contributed by atoms with Crippen LogP contribution in [0.15, 0.2) is 71.1 Å². The van der Waals surface area contributed by atoms with E-state index >= 15 is 0 Å². The first-order chi connectivity index (χ1) is 15.1. The minimum Gasteiger partial charge on any atom is -0.492 e. The number of ether oxygens (including phenoxy) is 2. The Morgan fingerprint density at radius 2 is 1.55 bits per heavy atom. The molecule has 160 valence electrons. The summed E-state index contributed by atoms with van der Waals surface area (Å²) in [6.07, 6.45) is 0. The summed E-state index contributed by atoms with van der Waals surface area (Å²) in [5, 5.41) is 0.669. The van der Waals surface area contributed by atoms with Crippen molar-refractivity contribution < 1.29 is 13.9 Å². The zero-order chi connectivity index (χ0) is 21.6. The first kappa shape index (κ1) is 21.2. The molecule has 0 saturated carbocycles. The molecule has 0 saturated heterocycles. The van der Waals surface area contributed by atoms with E-state index in [1.807, 2.05) is 54.6 Å². The average Bonchev–Trinajstić information content (AvgIpc) is 3.22. The fraction of sp³-hybridized carbons (Fsp3) is 0.240. The van der Waals surface area contributed by atoms with Crippen molar-refractivity contribution in [2.24, 2.45) is 0 Å². The third kappa shape index (κ3) is 5.37. The highest BCUT2D eigenvalue weighted by Gasteiger charge is 2.10. The Morgan fingerprint density at radius 3 is 2.26 bits per heavy atom. The Balaban J connectivity index is 1.43. The van der Waals surface area contributed by atoms with Crippen LogP contribution in [0, 0.1) is 0 Å². The number of hydrogen-bond donors (Lipinski definition) is 0. The van der Waals surface area contributed by atoms with Gasteiger partial charge < -0.3 is 18.8 Å². The second kappa shape index (κ2) is 9.86. The van der Waals surface area contributed by atoms with Crippen LogP contribution < -0.4 is 9.47 Å². The van der Waals surface area contributed by atoms with E-state index in [0.717, 1.165) is 36.5 Å². The van der Waals surface area contributed by atoms with Crippen LogP contribution in [0.25, 0.3) is 22.6 Å². The molecule has 0 unspecified atom stereocenters. The molecule has 1 heterocycles. The Bertz CT molecular complexity index is 1120. The average molecular weight is 437 g/mol. The largest absolute Gasteiger partial charge is 0.492 e. The summed E-state index contributed by atoms with van der Waals surface area (Å²) >= 11 is 5.92. The van der Waals surface area contributed by atoms with Gasteiger partial charge in [0.2, 0.25) is 5.89 Å². The topological polar surface area (TPSA) is 47.7 Å². The lowest BCUT2D eigenvalue weighted by Crippen LogP contribution is -2.27. The van der Waals surface area contributed by atoms with Gasteiger partial charge >= 0.3 is 0 Å². The van der Waals surface area contributed by atoms with Gasteiger partial charge in [-0.15, -0.1) is 0 Å². The highest BCUT2D eigenvalue weighted by molar-refractivity contribution is 6.30. The highest BCUT2D eigenvalue weighted by Crippen LogP contribution is 2.30. The molecule has 0 atom stereocenters. The second-order valence-corrected chi connectivity index (χ2v) is 7.54. The number of halogens is 1. The molecule has 0 aliphatic carbocycles. The van der Waals surface area contributed by atoms with Crippen molar-refractivity contribution in [3.63, 3.8) is 0 Å². The third-order valence-corrected chi connectivity index (χ3v) is 5.33. The van der Waals surface area contributed by atoms with E-state index in [0.29, 0.717) is 34.6 Å². The lowest BCUT2D eigenvalue weighted by Gasteiger charge is -2.17.